The number of ether oxygens (including phenoxy) is 3. The van der Waals surface area contributed by atoms with Crippen molar-refractivity contribution in [2.45, 2.75) is 44.4 Å². The highest BCUT2D eigenvalue weighted by Crippen LogP contribution is 2.32. The fourth-order valence-corrected chi connectivity index (χ4v) is 4.30. The quantitative estimate of drug-likeness (QED) is 0.666. The third-order valence-corrected chi connectivity index (χ3v) is 6.20. The first kappa shape index (κ1) is 23.6. The first-order chi connectivity index (χ1) is 16.3. The van der Waals surface area contributed by atoms with E-state index in [1.807, 2.05) is 31.2 Å². The van der Waals surface area contributed by atoms with E-state index >= 15 is 0 Å². The van der Waals surface area contributed by atoms with E-state index in [4.69, 9.17) is 14.2 Å². The predicted octanol–water partition coefficient (Wildman–Crippen LogP) is 3.58. The molecule has 2 aromatic carbocycles. The summed E-state index contributed by atoms with van der Waals surface area (Å²) in [4.78, 5) is 39.0. The Morgan fingerprint density at radius 2 is 1.79 bits per heavy atom. The second-order valence-corrected chi connectivity index (χ2v) is 8.60. The van der Waals surface area contributed by atoms with Crippen molar-refractivity contribution in [2.24, 2.45) is 0 Å². The number of carbonyl (C=O) groups is 3. The van der Waals surface area contributed by atoms with Crippen LogP contribution < -0.4 is 15.4 Å². The first-order valence-electron chi connectivity index (χ1n) is 11.2. The summed E-state index contributed by atoms with van der Waals surface area (Å²) < 4.78 is 16.8. The van der Waals surface area contributed by atoms with Crippen molar-refractivity contribution >= 4 is 29.3 Å². The number of hydrogen-bond acceptors (Lipinski definition) is 6. The molecule has 0 radical (unpaired) electrons. The molecular weight excluding hydrogens is 438 g/mol. The van der Waals surface area contributed by atoms with Gasteiger partial charge in [0.05, 0.1) is 31.2 Å². The molecule has 0 unspecified atom stereocenters. The van der Waals surface area contributed by atoms with Gasteiger partial charge in [-0.05, 0) is 50.1 Å². The molecule has 3 atom stereocenters. The van der Waals surface area contributed by atoms with Crippen LogP contribution in [0.2, 0.25) is 0 Å². The fourth-order valence-electron chi connectivity index (χ4n) is 4.30. The van der Waals surface area contributed by atoms with Crippen molar-refractivity contribution in [3.63, 3.8) is 0 Å². The number of carbonyl (C=O) groups excluding carboxylic acids is 3. The number of rotatable bonds is 4. The van der Waals surface area contributed by atoms with Crippen LogP contribution in [0.1, 0.15) is 35.2 Å². The standard InChI is InChI=1S/C25H29N3O6/c1-15-4-6-16(7-5-15)26-25(31)27-17-8-11-21-19(12-17)24(30)28(2)20-10-9-18(13-23(29)32-3)34-22(20)14-33-21/h4-8,11-12,18,20,22H,9-10,13-14H2,1-3H3,(H2,26,27,31)/t18-,20+,22-/m0/s1. The van der Waals surface area contributed by atoms with Gasteiger partial charge in [-0.3, -0.25) is 9.59 Å². The van der Waals surface area contributed by atoms with Gasteiger partial charge in [0.2, 0.25) is 0 Å². The highest BCUT2D eigenvalue weighted by Gasteiger charge is 2.39. The fraction of sp³-hybridized carbons (Fsp3) is 0.400. The summed E-state index contributed by atoms with van der Waals surface area (Å²) in [7, 11) is 3.09. The topological polar surface area (TPSA) is 106 Å². The van der Waals surface area contributed by atoms with E-state index in [1.165, 1.54) is 7.11 Å². The van der Waals surface area contributed by atoms with Crippen LogP contribution in [-0.2, 0) is 14.3 Å². The van der Waals surface area contributed by atoms with Crippen LogP contribution in [-0.4, -0.2) is 61.8 Å². The van der Waals surface area contributed by atoms with E-state index in [2.05, 4.69) is 10.6 Å². The van der Waals surface area contributed by atoms with Crippen molar-refractivity contribution in [1.29, 1.82) is 0 Å². The molecule has 2 aliphatic rings. The minimum atomic E-state index is -0.409. The molecule has 4 rings (SSSR count). The minimum absolute atomic E-state index is 0.174. The van der Waals surface area contributed by atoms with Crippen LogP contribution in [0.25, 0.3) is 0 Å². The Hall–Kier alpha value is -3.59. The molecule has 0 aliphatic carbocycles. The average Bonchev–Trinajstić information content (AvgIpc) is 2.83. The number of benzene rings is 2. The number of esters is 1. The van der Waals surface area contributed by atoms with Crippen LogP contribution in [0.15, 0.2) is 42.5 Å². The molecule has 0 saturated carbocycles. The molecule has 9 heteroatoms. The van der Waals surface area contributed by atoms with E-state index in [0.29, 0.717) is 35.5 Å². The summed E-state index contributed by atoms with van der Waals surface area (Å²) in [6, 6.07) is 11.8. The number of hydrogen-bond donors (Lipinski definition) is 2. The zero-order chi connectivity index (χ0) is 24.2. The summed E-state index contributed by atoms with van der Waals surface area (Å²) in [6.45, 7) is 2.22. The number of fused-ring (bicyclic) bond motifs is 2. The number of aryl methyl sites for hydroxylation is 1. The van der Waals surface area contributed by atoms with Gasteiger partial charge >= 0.3 is 12.0 Å². The summed E-state index contributed by atoms with van der Waals surface area (Å²) >= 11 is 0. The van der Waals surface area contributed by atoms with E-state index in [1.54, 1.807) is 30.1 Å². The largest absolute Gasteiger partial charge is 0.490 e. The van der Waals surface area contributed by atoms with Gasteiger partial charge in [-0.25, -0.2) is 4.79 Å². The molecule has 1 saturated heterocycles. The lowest BCUT2D eigenvalue weighted by molar-refractivity contribution is -0.151. The molecule has 34 heavy (non-hydrogen) atoms. The Morgan fingerprint density at radius 3 is 2.53 bits per heavy atom. The number of urea groups is 1. The lowest BCUT2D eigenvalue weighted by atomic mass is 9.94. The van der Waals surface area contributed by atoms with Crippen LogP contribution in [0.3, 0.4) is 0 Å². The van der Waals surface area contributed by atoms with Gasteiger partial charge in [-0.1, -0.05) is 17.7 Å². The zero-order valence-electron chi connectivity index (χ0n) is 19.5. The Balaban J connectivity index is 1.46. The predicted molar refractivity (Wildman–Crippen MR) is 126 cm³/mol. The van der Waals surface area contributed by atoms with Crippen molar-refractivity contribution in [1.82, 2.24) is 4.90 Å². The molecule has 2 N–H and O–H groups in total. The third-order valence-electron chi connectivity index (χ3n) is 6.20. The zero-order valence-corrected chi connectivity index (χ0v) is 19.5. The van der Waals surface area contributed by atoms with Gasteiger partial charge in [0.25, 0.3) is 5.91 Å². The molecule has 0 bridgehead atoms. The van der Waals surface area contributed by atoms with E-state index in [-0.39, 0.29) is 43.2 Å². The van der Waals surface area contributed by atoms with Crippen molar-refractivity contribution < 1.29 is 28.6 Å². The third kappa shape index (κ3) is 5.31. The highest BCUT2D eigenvalue weighted by atomic mass is 16.5. The van der Waals surface area contributed by atoms with Gasteiger partial charge in [0.15, 0.2) is 0 Å². The molecular formula is C25H29N3O6. The van der Waals surface area contributed by atoms with Crippen molar-refractivity contribution in [2.75, 3.05) is 31.4 Å². The Bertz CT molecular complexity index is 1070. The number of anilines is 2. The van der Waals surface area contributed by atoms with Gasteiger partial charge in [0.1, 0.15) is 18.5 Å². The smallest absolute Gasteiger partial charge is 0.323 e. The van der Waals surface area contributed by atoms with E-state index < -0.39 is 6.03 Å². The summed E-state index contributed by atoms with van der Waals surface area (Å²) in [5.74, 6) is -0.128. The number of likely N-dealkylation sites (N-methyl/N-ethyl adjacent to an activating group) is 1. The maximum atomic E-state index is 13.3. The summed E-state index contributed by atoms with van der Waals surface area (Å²) in [5.41, 5.74) is 2.61. The monoisotopic (exact) mass is 467 g/mol. The van der Waals surface area contributed by atoms with Gasteiger partial charge in [-0.15, -0.1) is 0 Å². The van der Waals surface area contributed by atoms with Crippen molar-refractivity contribution in [3.05, 3.63) is 53.6 Å². The minimum Gasteiger partial charge on any atom is -0.490 e. The molecule has 2 heterocycles. The normalized spacial score (nSPS) is 21.8. The van der Waals surface area contributed by atoms with Gasteiger partial charge in [0, 0.05) is 18.4 Å². The molecule has 2 aromatic rings. The van der Waals surface area contributed by atoms with Crippen LogP contribution in [0, 0.1) is 6.92 Å². The molecule has 2 aliphatic heterocycles. The van der Waals surface area contributed by atoms with Crippen LogP contribution in [0.5, 0.6) is 5.75 Å². The lowest BCUT2D eigenvalue weighted by Gasteiger charge is -2.42. The molecule has 9 nitrogen and oxygen atoms in total. The average molecular weight is 468 g/mol. The van der Waals surface area contributed by atoms with Crippen LogP contribution in [0.4, 0.5) is 16.2 Å². The van der Waals surface area contributed by atoms with Crippen molar-refractivity contribution in [3.8, 4) is 5.75 Å². The Kier molecular flexibility index (Phi) is 7.02. The Labute approximate surface area is 198 Å². The number of amides is 3. The maximum Gasteiger partial charge on any atom is 0.323 e. The van der Waals surface area contributed by atoms with Gasteiger partial charge < -0.3 is 29.7 Å². The summed E-state index contributed by atoms with van der Waals surface area (Å²) in [5, 5.41) is 5.54. The molecule has 0 aromatic heterocycles. The lowest BCUT2D eigenvalue weighted by Crippen LogP contribution is -2.53. The summed E-state index contributed by atoms with van der Waals surface area (Å²) in [6.07, 6.45) is 0.876. The second-order valence-electron chi connectivity index (χ2n) is 8.60. The maximum absolute atomic E-state index is 13.3. The number of nitrogens with one attached hydrogen (secondary N) is 2. The molecule has 1 fully saturated rings. The number of nitrogens with zero attached hydrogens (tertiary/aromatic N) is 1. The highest BCUT2D eigenvalue weighted by molar-refractivity contribution is 6.02. The molecule has 0 spiro atoms. The first-order valence-corrected chi connectivity index (χ1v) is 11.2. The SMILES string of the molecule is COC(=O)C[C@@H]1CC[C@@H]2[C@H](COc3ccc(NC(=O)Nc4ccc(C)cc4)cc3C(=O)N2C)O1. The van der Waals surface area contributed by atoms with Crippen LogP contribution >= 0.6 is 0 Å². The Morgan fingerprint density at radius 1 is 1.09 bits per heavy atom. The molecule has 180 valence electrons. The second kappa shape index (κ2) is 10.1. The number of methoxy groups -OCH3 is 1. The molecule has 3 amide bonds. The van der Waals surface area contributed by atoms with E-state index in [9.17, 15) is 14.4 Å². The van der Waals surface area contributed by atoms with E-state index in [0.717, 1.165) is 5.56 Å². The van der Waals surface area contributed by atoms with Gasteiger partial charge in [-0.2, -0.15) is 0 Å².